The summed E-state index contributed by atoms with van der Waals surface area (Å²) in [6.45, 7) is 0. The van der Waals surface area contributed by atoms with Crippen LogP contribution in [0.1, 0.15) is 19.3 Å². The minimum absolute atomic E-state index is 0.153. The van der Waals surface area contributed by atoms with Gasteiger partial charge >= 0.3 is 0 Å². The van der Waals surface area contributed by atoms with E-state index in [1.54, 1.807) is 6.08 Å². The molecular formula is C13H14O. The summed E-state index contributed by atoms with van der Waals surface area (Å²) in [6, 6.07) is 0. The Balaban J connectivity index is 2.08. The van der Waals surface area contributed by atoms with Crippen LogP contribution in [-0.2, 0) is 4.79 Å². The largest absolute Gasteiger partial charge is 0.295 e. The summed E-state index contributed by atoms with van der Waals surface area (Å²) >= 11 is 0. The van der Waals surface area contributed by atoms with Gasteiger partial charge in [0.1, 0.15) is 0 Å². The van der Waals surface area contributed by atoms with Gasteiger partial charge in [-0.25, -0.2) is 0 Å². The van der Waals surface area contributed by atoms with E-state index in [4.69, 9.17) is 0 Å². The van der Waals surface area contributed by atoms with E-state index in [1.807, 2.05) is 0 Å². The number of ketones is 1. The molecule has 72 valence electrons. The molecule has 0 aromatic rings. The summed E-state index contributed by atoms with van der Waals surface area (Å²) in [5.41, 5.74) is 0.153. The fourth-order valence-corrected chi connectivity index (χ4v) is 3.31. The zero-order valence-corrected chi connectivity index (χ0v) is 8.15. The summed E-state index contributed by atoms with van der Waals surface area (Å²) in [5.74, 6) is 1.51. The Morgan fingerprint density at radius 3 is 2.79 bits per heavy atom. The zero-order valence-electron chi connectivity index (χ0n) is 8.15. The van der Waals surface area contributed by atoms with E-state index in [2.05, 4.69) is 30.4 Å². The third-order valence-corrected chi connectivity index (χ3v) is 4.03. The normalized spacial score (nSPS) is 43.9. The molecule has 0 aromatic heterocycles. The van der Waals surface area contributed by atoms with Crippen molar-refractivity contribution in [1.82, 2.24) is 0 Å². The van der Waals surface area contributed by atoms with E-state index in [0.29, 0.717) is 17.6 Å². The van der Waals surface area contributed by atoms with E-state index in [9.17, 15) is 4.79 Å². The van der Waals surface area contributed by atoms with E-state index in [0.717, 1.165) is 6.42 Å². The lowest BCUT2D eigenvalue weighted by Crippen LogP contribution is -2.34. The lowest BCUT2D eigenvalue weighted by atomic mass is 9.65. The van der Waals surface area contributed by atoms with Crippen LogP contribution < -0.4 is 0 Å². The quantitative estimate of drug-likeness (QED) is 0.568. The molecule has 14 heavy (non-hydrogen) atoms. The van der Waals surface area contributed by atoms with Gasteiger partial charge in [0.2, 0.25) is 0 Å². The van der Waals surface area contributed by atoms with Gasteiger partial charge in [0.15, 0.2) is 5.78 Å². The van der Waals surface area contributed by atoms with Gasteiger partial charge in [-0.05, 0) is 30.8 Å². The number of hydrogen-bond donors (Lipinski definition) is 0. The summed E-state index contributed by atoms with van der Waals surface area (Å²) in [5, 5.41) is 0. The Kier molecular flexibility index (Phi) is 1.58. The molecule has 0 bridgehead atoms. The van der Waals surface area contributed by atoms with Crippen molar-refractivity contribution in [2.45, 2.75) is 19.3 Å². The minimum Gasteiger partial charge on any atom is -0.295 e. The Labute approximate surface area is 84.2 Å². The third kappa shape index (κ3) is 0.927. The van der Waals surface area contributed by atoms with Crippen LogP contribution in [0.3, 0.4) is 0 Å². The maximum absolute atomic E-state index is 11.5. The first-order valence-corrected chi connectivity index (χ1v) is 5.38. The maximum atomic E-state index is 11.5. The third-order valence-electron chi connectivity index (χ3n) is 4.03. The van der Waals surface area contributed by atoms with Crippen LogP contribution >= 0.6 is 0 Å². The van der Waals surface area contributed by atoms with Crippen molar-refractivity contribution in [1.29, 1.82) is 0 Å². The van der Waals surface area contributed by atoms with E-state index in [-0.39, 0.29) is 5.41 Å². The van der Waals surface area contributed by atoms with Gasteiger partial charge in [-0.1, -0.05) is 30.4 Å². The van der Waals surface area contributed by atoms with E-state index >= 15 is 0 Å². The lowest BCUT2D eigenvalue weighted by Gasteiger charge is -2.38. The molecule has 1 spiro atoms. The first-order chi connectivity index (χ1) is 6.81. The standard InChI is InChI=1S/C13H14O/c14-12-7-6-11-5-4-10-3-1-2-8-13(10,11)9-12/h1-3,6-8,10-11H,4-5,9H2/t10-,11-,13+/m0/s1. The summed E-state index contributed by atoms with van der Waals surface area (Å²) < 4.78 is 0. The van der Waals surface area contributed by atoms with Gasteiger partial charge in [-0.15, -0.1) is 0 Å². The molecule has 1 fully saturated rings. The number of hydrogen-bond acceptors (Lipinski definition) is 1. The van der Waals surface area contributed by atoms with Crippen LogP contribution in [0.15, 0.2) is 36.5 Å². The van der Waals surface area contributed by atoms with Gasteiger partial charge in [0.25, 0.3) is 0 Å². The van der Waals surface area contributed by atoms with Crippen molar-refractivity contribution in [3.63, 3.8) is 0 Å². The molecule has 3 aliphatic rings. The average Bonchev–Trinajstić information content (AvgIpc) is 2.55. The van der Waals surface area contributed by atoms with Crippen LogP contribution in [0.25, 0.3) is 0 Å². The molecule has 3 rings (SSSR count). The molecule has 0 N–H and O–H groups in total. The summed E-state index contributed by atoms with van der Waals surface area (Å²) in [7, 11) is 0. The van der Waals surface area contributed by atoms with Gasteiger partial charge in [-0.2, -0.15) is 0 Å². The predicted molar refractivity (Wildman–Crippen MR) is 55.7 cm³/mol. The molecule has 0 heterocycles. The minimum atomic E-state index is 0.153. The van der Waals surface area contributed by atoms with Crippen molar-refractivity contribution < 1.29 is 4.79 Å². The van der Waals surface area contributed by atoms with Gasteiger partial charge < -0.3 is 0 Å². The molecule has 0 radical (unpaired) electrons. The molecule has 0 saturated heterocycles. The van der Waals surface area contributed by atoms with Gasteiger partial charge in [0, 0.05) is 11.8 Å². The van der Waals surface area contributed by atoms with E-state index < -0.39 is 0 Å². The Hall–Kier alpha value is -1.11. The molecule has 1 nitrogen and oxygen atoms in total. The Bertz CT molecular complexity index is 361. The fraction of sp³-hybridized carbons (Fsp3) is 0.462. The van der Waals surface area contributed by atoms with Crippen molar-refractivity contribution in [3.05, 3.63) is 36.5 Å². The second-order valence-corrected chi connectivity index (χ2v) is 4.65. The smallest absolute Gasteiger partial charge is 0.156 e. The van der Waals surface area contributed by atoms with Gasteiger partial charge in [0.05, 0.1) is 0 Å². The molecule has 3 atom stereocenters. The van der Waals surface area contributed by atoms with Crippen LogP contribution in [-0.4, -0.2) is 5.78 Å². The van der Waals surface area contributed by atoms with Crippen LogP contribution in [0.4, 0.5) is 0 Å². The second-order valence-electron chi connectivity index (χ2n) is 4.65. The van der Waals surface area contributed by atoms with Crippen LogP contribution in [0.2, 0.25) is 0 Å². The SMILES string of the molecule is O=C1C=C[C@@H]2CC[C@@H]3C=CC=C[C@]23C1. The molecular weight excluding hydrogens is 172 g/mol. The highest BCUT2D eigenvalue weighted by Gasteiger charge is 2.49. The van der Waals surface area contributed by atoms with E-state index in [1.165, 1.54) is 12.8 Å². The Morgan fingerprint density at radius 1 is 1.14 bits per heavy atom. The highest BCUT2D eigenvalue weighted by atomic mass is 16.1. The Morgan fingerprint density at radius 2 is 1.93 bits per heavy atom. The lowest BCUT2D eigenvalue weighted by molar-refractivity contribution is -0.117. The number of allylic oxidation sites excluding steroid dienone is 6. The van der Waals surface area contributed by atoms with Crippen molar-refractivity contribution in [2.24, 2.45) is 17.3 Å². The maximum Gasteiger partial charge on any atom is 0.156 e. The van der Waals surface area contributed by atoms with Crippen LogP contribution in [0.5, 0.6) is 0 Å². The van der Waals surface area contributed by atoms with Crippen molar-refractivity contribution in [2.75, 3.05) is 0 Å². The first-order valence-electron chi connectivity index (χ1n) is 5.38. The molecule has 0 amide bonds. The highest BCUT2D eigenvalue weighted by molar-refractivity contribution is 5.91. The molecule has 0 aliphatic heterocycles. The van der Waals surface area contributed by atoms with Crippen molar-refractivity contribution >= 4 is 5.78 Å². The summed E-state index contributed by atoms with van der Waals surface area (Å²) in [6.07, 6.45) is 15.9. The number of rotatable bonds is 0. The predicted octanol–water partition coefficient (Wildman–Crippen LogP) is 2.65. The molecule has 1 saturated carbocycles. The molecule has 3 aliphatic carbocycles. The summed E-state index contributed by atoms with van der Waals surface area (Å²) in [4.78, 5) is 11.5. The number of carbonyl (C=O) groups excluding carboxylic acids is 1. The monoisotopic (exact) mass is 186 g/mol. The van der Waals surface area contributed by atoms with Crippen molar-refractivity contribution in [3.8, 4) is 0 Å². The fourth-order valence-electron chi connectivity index (χ4n) is 3.31. The van der Waals surface area contributed by atoms with Crippen LogP contribution in [0, 0.1) is 17.3 Å². The molecule has 0 unspecified atom stereocenters. The molecule has 0 aromatic carbocycles. The highest BCUT2D eigenvalue weighted by Crippen LogP contribution is 2.55. The van der Waals surface area contributed by atoms with Gasteiger partial charge in [-0.3, -0.25) is 4.79 Å². The first kappa shape index (κ1) is 8.22. The number of carbonyl (C=O) groups is 1. The zero-order chi connectivity index (χ0) is 9.60. The molecule has 1 heteroatoms. The topological polar surface area (TPSA) is 17.1 Å². The second kappa shape index (κ2) is 2.69. The average molecular weight is 186 g/mol.